The molecule has 1 aromatic carbocycles. The van der Waals surface area contributed by atoms with Crippen LogP contribution in [0.15, 0.2) is 30.6 Å². The molecule has 3 aromatic rings. The molecule has 1 fully saturated rings. The van der Waals surface area contributed by atoms with Gasteiger partial charge < -0.3 is 9.84 Å². The van der Waals surface area contributed by atoms with Crippen LogP contribution in [0.2, 0.25) is 0 Å². The Labute approximate surface area is 151 Å². The van der Waals surface area contributed by atoms with Crippen molar-refractivity contribution in [3.63, 3.8) is 0 Å². The zero-order chi connectivity index (χ0) is 18.1. The number of thiazole rings is 1. The molecule has 1 aliphatic rings. The lowest BCUT2D eigenvalue weighted by Gasteiger charge is -2.27. The lowest BCUT2D eigenvalue weighted by molar-refractivity contribution is -0.133. The minimum absolute atomic E-state index is 0.0359. The number of hydrogen-bond donors (Lipinski definition) is 2. The quantitative estimate of drug-likeness (QED) is 0.732. The molecule has 0 radical (unpaired) electrons. The van der Waals surface area contributed by atoms with Crippen LogP contribution < -0.4 is 5.32 Å². The lowest BCUT2D eigenvalue weighted by atomic mass is 9.96. The second-order valence-corrected chi connectivity index (χ2v) is 7.05. The highest BCUT2D eigenvalue weighted by Crippen LogP contribution is 2.34. The van der Waals surface area contributed by atoms with Crippen LogP contribution in [-0.2, 0) is 9.53 Å². The first kappa shape index (κ1) is 16.8. The molecular weight excluding hydrogens is 359 g/mol. The Morgan fingerprint density at radius 1 is 1.31 bits per heavy atom. The fourth-order valence-corrected chi connectivity index (χ4v) is 3.60. The Hall–Kier alpha value is -2.65. The van der Waals surface area contributed by atoms with Crippen molar-refractivity contribution >= 4 is 33.3 Å². The molecule has 0 saturated carbocycles. The van der Waals surface area contributed by atoms with Crippen LogP contribution in [0.1, 0.15) is 12.8 Å². The number of hydrogen-bond acceptors (Lipinski definition) is 7. The number of alkyl halides is 1. The van der Waals surface area contributed by atoms with Gasteiger partial charge in [-0.15, -0.1) is 0 Å². The van der Waals surface area contributed by atoms with E-state index in [1.807, 2.05) is 6.07 Å². The van der Waals surface area contributed by atoms with E-state index >= 15 is 0 Å². The molecule has 4 rings (SSSR count). The fraction of sp³-hybridized carbons (Fsp3) is 0.294. The van der Waals surface area contributed by atoms with Gasteiger partial charge in [0.1, 0.15) is 5.75 Å². The summed E-state index contributed by atoms with van der Waals surface area (Å²) < 4.78 is 19.8. The number of ether oxygens (including phenoxy) is 1. The molecule has 9 heteroatoms. The number of anilines is 1. The number of halogens is 1. The monoisotopic (exact) mass is 374 g/mol. The summed E-state index contributed by atoms with van der Waals surface area (Å²) in [6.45, 7) is 0.465. The van der Waals surface area contributed by atoms with Crippen molar-refractivity contribution in [3.8, 4) is 16.2 Å². The number of benzene rings is 1. The average Bonchev–Trinajstić information content (AvgIpc) is 3.11. The Morgan fingerprint density at radius 3 is 2.92 bits per heavy atom. The maximum atomic E-state index is 14.6. The molecule has 26 heavy (non-hydrogen) atoms. The molecule has 0 bridgehead atoms. The van der Waals surface area contributed by atoms with Gasteiger partial charge in [-0.05, 0) is 17.7 Å². The highest BCUT2D eigenvalue weighted by molar-refractivity contribution is 7.19. The van der Waals surface area contributed by atoms with Crippen LogP contribution >= 0.6 is 11.3 Å². The maximum Gasteiger partial charge on any atom is 0.264 e. The Bertz CT molecular complexity index is 972. The number of fused-ring (bicyclic) bond motifs is 1. The number of rotatable bonds is 3. The number of nitrogens with one attached hydrogen (secondary N) is 1. The maximum absolute atomic E-state index is 14.6. The third-order valence-electron chi connectivity index (χ3n) is 4.32. The van der Waals surface area contributed by atoms with E-state index in [1.165, 1.54) is 17.5 Å². The average molecular weight is 374 g/mol. The highest BCUT2D eigenvalue weighted by Gasteiger charge is 2.40. The van der Waals surface area contributed by atoms with Crippen LogP contribution in [-0.4, -0.2) is 45.1 Å². The van der Waals surface area contributed by atoms with Crippen molar-refractivity contribution in [2.75, 3.05) is 18.5 Å². The molecule has 0 spiro atoms. The van der Waals surface area contributed by atoms with E-state index in [0.29, 0.717) is 16.0 Å². The van der Waals surface area contributed by atoms with Crippen LogP contribution in [0.4, 0.5) is 9.52 Å². The van der Waals surface area contributed by atoms with Crippen LogP contribution in [0, 0.1) is 0 Å². The third kappa shape index (κ3) is 3.11. The largest absolute Gasteiger partial charge is 0.506 e. The van der Waals surface area contributed by atoms with Crippen molar-refractivity contribution < 1.29 is 19.0 Å². The van der Waals surface area contributed by atoms with Gasteiger partial charge in [0.2, 0.25) is 0 Å². The fourth-order valence-electron chi connectivity index (χ4n) is 2.79. The van der Waals surface area contributed by atoms with E-state index in [-0.39, 0.29) is 31.8 Å². The van der Waals surface area contributed by atoms with Gasteiger partial charge in [0.15, 0.2) is 10.8 Å². The predicted molar refractivity (Wildman–Crippen MR) is 94.8 cm³/mol. The van der Waals surface area contributed by atoms with Gasteiger partial charge in [-0.1, -0.05) is 17.4 Å². The Morgan fingerprint density at radius 2 is 2.12 bits per heavy atom. The van der Waals surface area contributed by atoms with Gasteiger partial charge in [0.25, 0.3) is 5.91 Å². The molecular formula is C17H15FN4O3S. The number of aromatic nitrogens is 3. The first-order chi connectivity index (χ1) is 12.5. The van der Waals surface area contributed by atoms with Crippen molar-refractivity contribution in [2.45, 2.75) is 18.5 Å². The van der Waals surface area contributed by atoms with Gasteiger partial charge >= 0.3 is 0 Å². The minimum Gasteiger partial charge on any atom is -0.506 e. The molecule has 1 saturated heterocycles. The molecule has 0 aliphatic carbocycles. The summed E-state index contributed by atoms with van der Waals surface area (Å²) in [6.07, 6.45) is 2.96. The number of carbonyl (C=O) groups is 1. The first-order valence-electron chi connectivity index (χ1n) is 8.04. The summed E-state index contributed by atoms with van der Waals surface area (Å²) in [5.41, 5.74) is -0.539. The molecule has 7 nitrogen and oxygen atoms in total. The van der Waals surface area contributed by atoms with Gasteiger partial charge in [0.05, 0.1) is 29.8 Å². The van der Waals surface area contributed by atoms with Gasteiger partial charge in [-0.25, -0.2) is 9.37 Å². The Balaban J connectivity index is 1.56. The summed E-state index contributed by atoms with van der Waals surface area (Å²) in [4.78, 5) is 17.2. The number of carbonyl (C=O) groups excluding carboxylic acids is 1. The first-order valence-corrected chi connectivity index (χ1v) is 8.85. The third-order valence-corrected chi connectivity index (χ3v) is 5.28. The smallest absolute Gasteiger partial charge is 0.264 e. The summed E-state index contributed by atoms with van der Waals surface area (Å²) in [5, 5.41) is 21.0. The molecule has 1 aliphatic heterocycles. The number of aromatic hydroxyl groups is 1. The second-order valence-electron chi connectivity index (χ2n) is 6.02. The van der Waals surface area contributed by atoms with Crippen LogP contribution in [0.25, 0.3) is 21.3 Å². The van der Waals surface area contributed by atoms with Gasteiger partial charge in [-0.2, -0.15) is 10.2 Å². The molecule has 0 atom stereocenters. The summed E-state index contributed by atoms with van der Waals surface area (Å²) >= 11 is 1.23. The van der Waals surface area contributed by atoms with Gasteiger partial charge in [0, 0.05) is 24.4 Å². The molecule has 2 N–H and O–H groups in total. The van der Waals surface area contributed by atoms with Crippen molar-refractivity contribution in [2.24, 2.45) is 0 Å². The molecule has 1 amide bonds. The van der Waals surface area contributed by atoms with E-state index in [4.69, 9.17) is 4.74 Å². The molecule has 2 aromatic heterocycles. The minimum atomic E-state index is -1.92. The lowest BCUT2D eigenvalue weighted by Crippen LogP contribution is -2.43. The Kier molecular flexibility index (Phi) is 4.25. The van der Waals surface area contributed by atoms with E-state index in [1.54, 1.807) is 18.3 Å². The van der Waals surface area contributed by atoms with E-state index in [2.05, 4.69) is 20.5 Å². The van der Waals surface area contributed by atoms with Crippen LogP contribution in [0.5, 0.6) is 5.75 Å². The van der Waals surface area contributed by atoms with Gasteiger partial charge in [-0.3, -0.25) is 10.1 Å². The van der Waals surface area contributed by atoms with Crippen LogP contribution in [0.3, 0.4) is 0 Å². The zero-order valence-electron chi connectivity index (χ0n) is 13.6. The zero-order valence-corrected chi connectivity index (χ0v) is 14.4. The van der Waals surface area contributed by atoms with Crippen molar-refractivity contribution in [1.82, 2.24) is 15.2 Å². The van der Waals surface area contributed by atoms with E-state index in [9.17, 15) is 14.3 Å². The number of amides is 1. The predicted octanol–water partition coefficient (Wildman–Crippen LogP) is 2.92. The van der Waals surface area contributed by atoms with E-state index < -0.39 is 11.6 Å². The summed E-state index contributed by atoms with van der Waals surface area (Å²) in [6, 6.07) is 5.34. The molecule has 0 unspecified atom stereocenters. The highest BCUT2D eigenvalue weighted by atomic mass is 32.1. The van der Waals surface area contributed by atoms with Crippen molar-refractivity contribution in [1.29, 1.82) is 0 Å². The standard InChI is InChI=1S/C17H15FN4O3S/c18-17(3-5-25-6-4-17)15(24)21-16-19-9-14(26-16)10-1-2-12-11(7-10)13(23)8-20-22-12/h1-2,7-9H,3-6H2,(H,22,23)(H,19,21,24). The molecule has 3 heterocycles. The summed E-state index contributed by atoms with van der Waals surface area (Å²) in [5.74, 6) is -0.651. The topological polar surface area (TPSA) is 97.2 Å². The SMILES string of the molecule is O=C(Nc1ncc(-c2ccc3nncc(O)c3c2)s1)C1(F)CCOCC1. The van der Waals surface area contributed by atoms with E-state index in [0.717, 1.165) is 10.4 Å². The summed E-state index contributed by atoms with van der Waals surface area (Å²) in [7, 11) is 0. The molecule has 134 valence electrons. The number of nitrogens with zero attached hydrogens (tertiary/aromatic N) is 3. The second kappa shape index (κ2) is 6.58. The normalized spacial score (nSPS) is 16.5. The van der Waals surface area contributed by atoms with Crippen molar-refractivity contribution in [3.05, 3.63) is 30.6 Å².